The lowest BCUT2D eigenvalue weighted by atomic mass is 10.1. The molecular weight excluding hydrogens is 312 g/mol. The zero-order chi connectivity index (χ0) is 17.6. The average molecular weight is 340 g/mol. The van der Waals surface area contributed by atoms with E-state index in [2.05, 4.69) is 60.5 Å². The summed E-state index contributed by atoms with van der Waals surface area (Å²) in [7, 11) is 1.70. The Bertz CT molecular complexity index is 672. The first-order valence-electron chi connectivity index (χ1n) is 8.96. The van der Waals surface area contributed by atoms with Gasteiger partial charge in [-0.25, -0.2) is 0 Å². The summed E-state index contributed by atoms with van der Waals surface area (Å²) < 4.78 is 11.3. The molecule has 2 atom stereocenters. The maximum Gasteiger partial charge on any atom is 0.119 e. The molecule has 4 nitrogen and oxygen atoms in total. The predicted molar refractivity (Wildman–Crippen MR) is 103 cm³/mol. The zero-order valence-corrected chi connectivity index (χ0v) is 15.4. The molecular formula is C21H28N2O2. The summed E-state index contributed by atoms with van der Waals surface area (Å²) in [5.74, 6) is 0.894. The number of morpholine rings is 1. The number of nitrogens with one attached hydrogen (secondary N) is 1. The lowest BCUT2D eigenvalue weighted by molar-refractivity contribution is 0.0394. The van der Waals surface area contributed by atoms with Crippen LogP contribution in [-0.2, 0) is 4.74 Å². The van der Waals surface area contributed by atoms with Crippen LogP contribution in [0.25, 0.3) is 0 Å². The van der Waals surface area contributed by atoms with Crippen molar-refractivity contribution in [3.63, 3.8) is 0 Å². The Morgan fingerprint density at radius 1 is 1.24 bits per heavy atom. The summed E-state index contributed by atoms with van der Waals surface area (Å²) in [6.45, 7) is 7.77. The summed E-state index contributed by atoms with van der Waals surface area (Å²) in [6.07, 6.45) is 0.197. The zero-order valence-electron chi connectivity index (χ0n) is 15.4. The third-order valence-corrected chi connectivity index (χ3v) is 4.78. The van der Waals surface area contributed by atoms with Crippen molar-refractivity contribution in [3.05, 3.63) is 59.7 Å². The maximum atomic E-state index is 5.96. The first-order valence-corrected chi connectivity index (χ1v) is 8.96. The van der Waals surface area contributed by atoms with E-state index in [1.165, 1.54) is 16.8 Å². The number of hydrogen-bond acceptors (Lipinski definition) is 4. The van der Waals surface area contributed by atoms with Gasteiger partial charge in [-0.05, 0) is 43.7 Å². The lowest BCUT2D eigenvalue weighted by Gasteiger charge is -2.35. The second-order valence-corrected chi connectivity index (χ2v) is 6.68. The van der Waals surface area contributed by atoms with Gasteiger partial charge >= 0.3 is 0 Å². The molecule has 4 heteroatoms. The van der Waals surface area contributed by atoms with Gasteiger partial charge in [-0.2, -0.15) is 0 Å². The third-order valence-electron chi connectivity index (χ3n) is 4.78. The normalized spacial score (nSPS) is 18.8. The molecule has 2 unspecified atom stereocenters. The van der Waals surface area contributed by atoms with Gasteiger partial charge in [0.1, 0.15) is 5.75 Å². The molecule has 0 saturated carbocycles. The van der Waals surface area contributed by atoms with Crippen molar-refractivity contribution in [1.82, 2.24) is 5.32 Å². The Morgan fingerprint density at radius 2 is 2.04 bits per heavy atom. The molecule has 0 radical (unpaired) electrons. The van der Waals surface area contributed by atoms with E-state index in [1.807, 2.05) is 12.1 Å². The molecule has 0 spiro atoms. The van der Waals surface area contributed by atoms with E-state index in [0.29, 0.717) is 0 Å². The van der Waals surface area contributed by atoms with Gasteiger partial charge < -0.3 is 19.7 Å². The van der Waals surface area contributed by atoms with Gasteiger partial charge in [0.2, 0.25) is 0 Å². The standard InChI is InChI=1S/C21H28N2O2/c1-16-7-9-19(10-8-16)23-11-12-25-21(15-23)14-22-17(2)18-5-4-6-20(13-18)24-3/h4-10,13,17,21-22H,11-12,14-15H2,1-3H3. The third kappa shape index (κ3) is 4.74. The van der Waals surface area contributed by atoms with Crippen molar-refractivity contribution in [2.24, 2.45) is 0 Å². The largest absolute Gasteiger partial charge is 0.497 e. The molecule has 1 fully saturated rings. The number of benzene rings is 2. The van der Waals surface area contributed by atoms with Gasteiger partial charge in [0, 0.05) is 31.4 Å². The molecule has 1 saturated heterocycles. The van der Waals surface area contributed by atoms with E-state index in [0.717, 1.165) is 32.0 Å². The molecule has 1 N–H and O–H groups in total. The summed E-state index contributed by atoms with van der Waals surface area (Å²) in [5.41, 5.74) is 3.80. The summed E-state index contributed by atoms with van der Waals surface area (Å²) in [4.78, 5) is 2.41. The summed E-state index contributed by atoms with van der Waals surface area (Å²) in [5, 5.41) is 3.59. The molecule has 3 rings (SSSR count). The van der Waals surface area contributed by atoms with E-state index in [4.69, 9.17) is 9.47 Å². The molecule has 25 heavy (non-hydrogen) atoms. The molecule has 0 amide bonds. The van der Waals surface area contributed by atoms with Crippen LogP contribution in [0, 0.1) is 6.92 Å². The highest BCUT2D eigenvalue weighted by Gasteiger charge is 2.21. The molecule has 0 bridgehead atoms. The monoisotopic (exact) mass is 340 g/mol. The van der Waals surface area contributed by atoms with E-state index in [1.54, 1.807) is 7.11 Å². The van der Waals surface area contributed by atoms with Crippen LogP contribution < -0.4 is 15.0 Å². The Labute approximate surface area is 150 Å². The number of anilines is 1. The Balaban J connectivity index is 1.54. The minimum absolute atomic E-state index is 0.197. The Hall–Kier alpha value is -2.04. The van der Waals surface area contributed by atoms with Crippen molar-refractivity contribution in [2.75, 3.05) is 38.3 Å². The highest BCUT2D eigenvalue weighted by molar-refractivity contribution is 5.48. The Kier molecular flexibility index (Phi) is 5.95. The van der Waals surface area contributed by atoms with Crippen LogP contribution in [0.2, 0.25) is 0 Å². The molecule has 1 aliphatic heterocycles. The minimum Gasteiger partial charge on any atom is -0.497 e. The fraction of sp³-hybridized carbons (Fsp3) is 0.429. The minimum atomic E-state index is 0.197. The van der Waals surface area contributed by atoms with Crippen LogP contribution in [0.4, 0.5) is 5.69 Å². The van der Waals surface area contributed by atoms with Crippen molar-refractivity contribution >= 4 is 5.69 Å². The van der Waals surface area contributed by atoms with Crippen LogP contribution >= 0.6 is 0 Å². The Morgan fingerprint density at radius 3 is 2.80 bits per heavy atom. The van der Waals surface area contributed by atoms with Crippen LogP contribution in [-0.4, -0.2) is 39.5 Å². The van der Waals surface area contributed by atoms with Crippen LogP contribution in [0.3, 0.4) is 0 Å². The number of ether oxygens (including phenoxy) is 2. The maximum absolute atomic E-state index is 5.96. The smallest absolute Gasteiger partial charge is 0.119 e. The predicted octanol–water partition coefficient (Wildman–Crippen LogP) is 3.56. The molecule has 1 heterocycles. The van der Waals surface area contributed by atoms with Crippen molar-refractivity contribution in [2.45, 2.75) is 26.0 Å². The van der Waals surface area contributed by atoms with Gasteiger partial charge in [0.15, 0.2) is 0 Å². The number of nitrogens with zero attached hydrogens (tertiary/aromatic N) is 1. The molecule has 0 aliphatic carbocycles. The number of aryl methyl sites for hydroxylation is 1. The number of methoxy groups -OCH3 is 1. The van der Waals surface area contributed by atoms with Crippen molar-refractivity contribution in [3.8, 4) is 5.75 Å². The first-order chi connectivity index (χ1) is 12.2. The van der Waals surface area contributed by atoms with Gasteiger partial charge in [-0.1, -0.05) is 29.8 Å². The van der Waals surface area contributed by atoms with Crippen LogP contribution in [0.1, 0.15) is 24.1 Å². The SMILES string of the molecule is COc1cccc(C(C)NCC2CN(c3ccc(C)cc3)CCO2)c1. The first kappa shape index (κ1) is 17.8. The fourth-order valence-corrected chi connectivity index (χ4v) is 3.17. The van der Waals surface area contributed by atoms with Crippen molar-refractivity contribution < 1.29 is 9.47 Å². The number of hydrogen-bond donors (Lipinski definition) is 1. The average Bonchev–Trinajstić information content (AvgIpc) is 2.67. The molecule has 2 aromatic carbocycles. The van der Waals surface area contributed by atoms with Gasteiger partial charge in [-0.15, -0.1) is 0 Å². The van der Waals surface area contributed by atoms with Gasteiger partial charge in [-0.3, -0.25) is 0 Å². The quantitative estimate of drug-likeness (QED) is 0.872. The lowest BCUT2D eigenvalue weighted by Crippen LogP contribution is -2.47. The van der Waals surface area contributed by atoms with E-state index in [9.17, 15) is 0 Å². The van der Waals surface area contributed by atoms with E-state index >= 15 is 0 Å². The fourth-order valence-electron chi connectivity index (χ4n) is 3.17. The highest BCUT2D eigenvalue weighted by Crippen LogP contribution is 2.20. The van der Waals surface area contributed by atoms with E-state index in [-0.39, 0.29) is 12.1 Å². The van der Waals surface area contributed by atoms with Crippen molar-refractivity contribution in [1.29, 1.82) is 0 Å². The highest BCUT2D eigenvalue weighted by atomic mass is 16.5. The summed E-state index contributed by atoms with van der Waals surface area (Å²) in [6, 6.07) is 17.2. The van der Waals surface area contributed by atoms with Gasteiger partial charge in [0.05, 0.1) is 19.8 Å². The second-order valence-electron chi connectivity index (χ2n) is 6.68. The van der Waals surface area contributed by atoms with Crippen LogP contribution in [0.15, 0.2) is 48.5 Å². The molecule has 2 aromatic rings. The van der Waals surface area contributed by atoms with Gasteiger partial charge in [0.25, 0.3) is 0 Å². The molecule has 0 aromatic heterocycles. The van der Waals surface area contributed by atoms with Crippen LogP contribution in [0.5, 0.6) is 5.75 Å². The number of rotatable bonds is 6. The molecule has 134 valence electrons. The van der Waals surface area contributed by atoms with E-state index < -0.39 is 0 Å². The molecule has 1 aliphatic rings. The summed E-state index contributed by atoms with van der Waals surface area (Å²) >= 11 is 0. The topological polar surface area (TPSA) is 33.7 Å². The second kappa shape index (κ2) is 8.37.